The Morgan fingerprint density at radius 3 is 2.38 bits per heavy atom. The molecule has 0 aliphatic heterocycles. The zero-order valence-electron chi connectivity index (χ0n) is 11.5. The van der Waals surface area contributed by atoms with Crippen molar-refractivity contribution in [2.24, 2.45) is 0 Å². The number of nitrogens with one attached hydrogen (secondary N) is 1. The fourth-order valence-electron chi connectivity index (χ4n) is 2.25. The second-order valence-electron chi connectivity index (χ2n) is 4.85. The van der Waals surface area contributed by atoms with Gasteiger partial charge in [-0.15, -0.1) is 0 Å². The minimum Gasteiger partial charge on any atom is -0.493 e. The van der Waals surface area contributed by atoms with E-state index in [9.17, 15) is 9.90 Å². The van der Waals surface area contributed by atoms with Crippen molar-refractivity contribution in [3.05, 3.63) is 70.5 Å². The molecule has 4 nitrogen and oxygen atoms in total. The average molecular weight is 278 g/mol. The number of H-pyrrole nitrogens is 1. The first-order chi connectivity index (χ1) is 10.1. The quantitative estimate of drug-likeness (QED) is 0.757. The molecule has 104 valence electrons. The van der Waals surface area contributed by atoms with Crippen molar-refractivity contribution >= 4 is 0 Å². The van der Waals surface area contributed by atoms with Gasteiger partial charge in [-0.2, -0.15) is 4.98 Å². The van der Waals surface area contributed by atoms with Crippen LogP contribution in [0.1, 0.15) is 5.56 Å². The van der Waals surface area contributed by atoms with Crippen molar-refractivity contribution in [3.8, 4) is 28.4 Å². The van der Waals surface area contributed by atoms with Crippen LogP contribution < -0.4 is 5.56 Å². The highest BCUT2D eigenvalue weighted by Gasteiger charge is 2.13. The summed E-state index contributed by atoms with van der Waals surface area (Å²) in [7, 11) is 0. The van der Waals surface area contributed by atoms with Gasteiger partial charge in [0.2, 0.25) is 5.88 Å². The zero-order valence-corrected chi connectivity index (χ0v) is 11.5. The number of benzene rings is 2. The van der Waals surface area contributed by atoms with E-state index in [0.717, 1.165) is 11.1 Å². The zero-order chi connectivity index (χ0) is 14.8. The van der Waals surface area contributed by atoms with Gasteiger partial charge in [0, 0.05) is 5.56 Å². The fraction of sp³-hybridized carbons (Fsp3) is 0.0588. The van der Waals surface area contributed by atoms with Gasteiger partial charge in [0.1, 0.15) is 11.4 Å². The molecule has 1 aromatic heterocycles. The van der Waals surface area contributed by atoms with E-state index in [4.69, 9.17) is 0 Å². The summed E-state index contributed by atoms with van der Waals surface area (Å²) in [5.74, 6) is 0.0951. The number of nitrogens with zero attached hydrogens (tertiary/aromatic N) is 1. The molecule has 0 saturated carbocycles. The van der Waals surface area contributed by atoms with Crippen LogP contribution in [0, 0.1) is 6.92 Å². The second kappa shape index (κ2) is 5.25. The van der Waals surface area contributed by atoms with Crippen molar-refractivity contribution in [2.45, 2.75) is 6.92 Å². The summed E-state index contributed by atoms with van der Waals surface area (Å²) in [5.41, 5.74) is 2.25. The molecular formula is C17H14N2O2. The number of hydrogen-bond donors (Lipinski definition) is 2. The van der Waals surface area contributed by atoms with Crippen LogP contribution in [0.15, 0.2) is 59.4 Å². The van der Waals surface area contributed by atoms with Gasteiger partial charge in [-0.3, -0.25) is 4.79 Å². The van der Waals surface area contributed by atoms with Crippen molar-refractivity contribution in [1.29, 1.82) is 0 Å². The van der Waals surface area contributed by atoms with Crippen LogP contribution in [-0.4, -0.2) is 15.1 Å². The fourth-order valence-corrected chi connectivity index (χ4v) is 2.25. The molecule has 0 aliphatic carbocycles. The van der Waals surface area contributed by atoms with E-state index in [0.29, 0.717) is 11.4 Å². The highest BCUT2D eigenvalue weighted by molar-refractivity contribution is 5.69. The van der Waals surface area contributed by atoms with Crippen LogP contribution >= 0.6 is 0 Å². The van der Waals surface area contributed by atoms with Gasteiger partial charge < -0.3 is 10.1 Å². The lowest BCUT2D eigenvalue weighted by atomic mass is 10.1. The first-order valence-electron chi connectivity index (χ1n) is 6.61. The largest absolute Gasteiger partial charge is 0.493 e. The number of hydrogen-bond acceptors (Lipinski definition) is 3. The van der Waals surface area contributed by atoms with Gasteiger partial charge in [0.05, 0.1) is 0 Å². The molecule has 2 N–H and O–H groups in total. The number of rotatable bonds is 2. The molecule has 0 amide bonds. The Morgan fingerprint density at radius 2 is 1.71 bits per heavy atom. The molecule has 2 aromatic carbocycles. The van der Waals surface area contributed by atoms with E-state index in [1.54, 1.807) is 6.07 Å². The molecule has 0 radical (unpaired) electrons. The second-order valence-corrected chi connectivity index (χ2v) is 4.85. The number of aromatic amines is 1. The number of aryl methyl sites for hydroxylation is 1. The average Bonchev–Trinajstić information content (AvgIpc) is 2.47. The maximum absolute atomic E-state index is 12.3. The lowest BCUT2D eigenvalue weighted by Crippen LogP contribution is -2.12. The maximum Gasteiger partial charge on any atom is 0.262 e. The summed E-state index contributed by atoms with van der Waals surface area (Å²) in [4.78, 5) is 19.1. The lowest BCUT2D eigenvalue weighted by molar-refractivity contribution is 0.454. The van der Waals surface area contributed by atoms with Crippen LogP contribution in [0.25, 0.3) is 22.5 Å². The molecule has 0 saturated heterocycles. The van der Waals surface area contributed by atoms with Gasteiger partial charge in [0.15, 0.2) is 0 Å². The summed E-state index contributed by atoms with van der Waals surface area (Å²) < 4.78 is 0. The Hall–Kier alpha value is -2.88. The van der Waals surface area contributed by atoms with E-state index >= 15 is 0 Å². The third-order valence-corrected chi connectivity index (χ3v) is 3.25. The Balaban J connectivity index is 2.16. The maximum atomic E-state index is 12.3. The molecule has 0 spiro atoms. The van der Waals surface area contributed by atoms with E-state index < -0.39 is 0 Å². The number of aromatic nitrogens is 2. The third-order valence-electron chi connectivity index (χ3n) is 3.25. The van der Waals surface area contributed by atoms with Crippen molar-refractivity contribution < 1.29 is 5.11 Å². The first kappa shape index (κ1) is 13.1. The van der Waals surface area contributed by atoms with Gasteiger partial charge in [-0.05, 0) is 12.5 Å². The van der Waals surface area contributed by atoms with Crippen LogP contribution in [0.5, 0.6) is 5.88 Å². The van der Waals surface area contributed by atoms with Crippen molar-refractivity contribution in [1.82, 2.24) is 9.97 Å². The predicted molar refractivity (Wildman–Crippen MR) is 82.1 cm³/mol. The molecule has 0 fully saturated rings. The molecule has 0 atom stereocenters. The van der Waals surface area contributed by atoms with Crippen LogP contribution in [0.2, 0.25) is 0 Å². The normalized spacial score (nSPS) is 10.5. The van der Waals surface area contributed by atoms with E-state index in [-0.39, 0.29) is 17.0 Å². The first-order valence-corrected chi connectivity index (χ1v) is 6.61. The minimum absolute atomic E-state index is 0.193. The highest BCUT2D eigenvalue weighted by Crippen LogP contribution is 2.26. The smallest absolute Gasteiger partial charge is 0.262 e. The van der Waals surface area contributed by atoms with Gasteiger partial charge >= 0.3 is 0 Å². The molecule has 0 bridgehead atoms. The molecule has 0 unspecified atom stereocenters. The van der Waals surface area contributed by atoms with Gasteiger partial charge in [0.25, 0.3) is 5.56 Å². The summed E-state index contributed by atoms with van der Waals surface area (Å²) >= 11 is 0. The van der Waals surface area contributed by atoms with Gasteiger partial charge in [-0.25, -0.2) is 0 Å². The van der Waals surface area contributed by atoms with Crippen molar-refractivity contribution in [3.63, 3.8) is 0 Å². The topological polar surface area (TPSA) is 66.0 Å². The molecule has 3 rings (SSSR count). The number of aromatic hydroxyl groups is 1. The molecule has 0 aliphatic rings. The van der Waals surface area contributed by atoms with E-state index in [1.165, 1.54) is 0 Å². The summed E-state index contributed by atoms with van der Waals surface area (Å²) in [6, 6.07) is 16.6. The Morgan fingerprint density at radius 1 is 1.00 bits per heavy atom. The lowest BCUT2D eigenvalue weighted by Gasteiger charge is -2.07. The predicted octanol–water partition coefficient (Wildman–Crippen LogP) is 3.12. The van der Waals surface area contributed by atoms with E-state index in [1.807, 2.05) is 55.5 Å². The summed E-state index contributed by atoms with van der Waals surface area (Å²) in [6.45, 7) is 1.93. The Kier molecular flexibility index (Phi) is 3.28. The summed E-state index contributed by atoms with van der Waals surface area (Å²) in [6.07, 6.45) is 0. The third kappa shape index (κ3) is 2.56. The van der Waals surface area contributed by atoms with Gasteiger partial charge in [-0.1, -0.05) is 60.2 Å². The molecule has 21 heavy (non-hydrogen) atoms. The summed E-state index contributed by atoms with van der Waals surface area (Å²) in [5, 5.41) is 10.1. The van der Waals surface area contributed by atoms with Crippen LogP contribution in [0.4, 0.5) is 0 Å². The minimum atomic E-state index is -0.355. The van der Waals surface area contributed by atoms with Crippen LogP contribution in [0.3, 0.4) is 0 Å². The SMILES string of the molecule is Cc1cccc(-c2c(O)nc(-c3ccccc3)[nH]c2=O)c1. The van der Waals surface area contributed by atoms with E-state index in [2.05, 4.69) is 9.97 Å². The van der Waals surface area contributed by atoms with Crippen molar-refractivity contribution in [2.75, 3.05) is 0 Å². The molecule has 4 heteroatoms. The van der Waals surface area contributed by atoms with Crippen LogP contribution in [-0.2, 0) is 0 Å². The molecule has 3 aromatic rings. The Labute approximate surface area is 121 Å². The standard InChI is InChI=1S/C17H14N2O2/c1-11-6-5-9-13(10-11)14-16(20)18-15(19-17(14)21)12-7-3-2-4-8-12/h2-10H,1H3,(H2,18,19,20,21). The monoisotopic (exact) mass is 278 g/mol. The molecular weight excluding hydrogens is 264 g/mol. The molecule has 1 heterocycles. The Bertz CT molecular complexity index is 839. The highest BCUT2D eigenvalue weighted by atomic mass is 16.3.